The Morgan fingerprint density at radius 2 is 1.95 bits per heavy atom. The Morgan fingerprint density at radius 3 is 2.55 bits per heavy atom. The molecule has 0 saturated heterocycles. The van der Waals surface area contributed by atoms with Crippen molar-refractivity contribution in [3.05, 3.63) is 53.7 Å². The Kier molecular flexibility index (Phi) is 4.20. The minimum absolute atomic E-state index is 0.0234. The average molecular weight is 270 g/mol. The van der Waals surface area contributed by atoms with Gasteiger partial charge in [0, 0.05) is 13.6 Å². The number of ether oxygens (including phenoxy) is 1. The molecule has 0 bridgehead atoms. The van der Waals surface area contributed by atoms with E-state index in [2.05, 4.69) is 4.98 Å². The number of nitrogens with two attached hydrogens (primary N) is 1. The molecule has 0 spiro atoms. The second-order valence-electron chi connectivity index (χ2n) is 4.50. The van der Waals surface area contributed by atoms with Gasteiger partial charge in [-0.2, -0.15) is 0 Å². The lowest BCUT2D eigenvalue weighted by Gasteiger charge is -2.19. The topological polar surface area (TPSA) is 75.2 Å². The first-order chi connectivity index (χ1) is 9.60. The van der Waals surface area contributed by atoms with E-state index in [1.54, 1.807) is 13.2 Å². The van der Waals surface area contributed by atoms with Crippen molar-refractivity contribution in [3.63, 3.8) is 0 Å². The molecule has 2 aromatic rings. The van der Waals surface area contributed by atoms with Gasteiger partial charge in [0.1, 0.15) is 23.1 Å². The fourth-order valence-electron chi connectivity index (χ4n) is 1.87. The van der Waals surface area contributed by atoms with Crippen LogP contribution in [0.1, 0.15) is 11.3 Å². The first-order valence-corrected chi connectivity index (χ1v) is 6.25. The molecule has 1 heterocycles. The molecule has 0 atom stereocenters. The van der Waals surface area contributed by atoms with Crippen LogP contribution in [-0.2, 0) is 6.54 Å². The summed E-state index contributed by atoms with van der Waals surface area (Å²) in [6, 6.07) is 13.4. The molecule has 5 nitrogen and oxygen atoms in total. The van der Waals surface area contributed by atoms with Gasteiger partial charge >= 0.3 is 0 Å². The normalized spacial score (nSPS) is 10.1. The van der Waals surface area contributed by atoms with Crippen molar-refractivity contribution in [2.24, 2.45) is 5.73 Å². The minimum atomic E-state index is -0.0234. The van der Waals surface area contributed by atoms with Crippen LogP contribution in [0.2, 0.25) is 0 Å². The summed E-state index contributed by atoms with van der Waals surface area (Å²) in [5, 5.41) is 7.42. The maximum atomic E-state index is 7.42. The second-order valence-corrected chi connectivity index (χ2v) is 4.50. The Balaban J connectivity index is 2.12. The maximum absolute atomic E-state index is 7.42. The highest BCUT2D eigenvalue weighted by Crippen LogP contribution is 2.16. The Labute approximate surface area is 118 Å². The zero-order valence-corrected chi connectivity index (χ0v) is 11.6. The molecule has 0 radical (unpaired) electrons. The number of rotatable bonds is 5. The molecule has 20 heavy (non-hydrogen) atoms. The van der Waals surface area contributed by atoms with Crippen molar-refractivity contribution in [2.45, 2.75) is 6.54 Å². The summed E-state index contributed by atoms with van der Waals surface area (Å²) < 4.78 is 5.14. The highest BCUT2D eigenvalue weighted by molar-refractivity contribution is 5.93. The molecular formula is C15H18N4O. The van der Waals surface area contributed by atoms with Gasteiger partial charge in [-0.15, -0.1) is 0 Å². The van der Waals surface area contributed by atoms with Crippen LogP contribution in [-0.4, -0.2) is 25.0 Å². The summed E-state index contributed by atoms with van der Waals surface area (Å²) >= 11 is 0. The van der Waals surface area contributed by atoms with E-state index in [1.807, 2.05) is 48.3 Å². The standard InChI is InChI=1S/C15H18N4O/c1-19(10-11-6-8-12(20-2)9-7-11)14-5-3-4-13(18-14)15(16)17/h3-9H,10H2,1-2H3,(H3,16,17). The van der Waals surface area contributed by atoms with Crippen LogP contribution in [0.3, 0.4) is 0 Å². The molecule has 1 aromatic carbocycles. The first kappa shape index (κ1) is 13.9. The lowest BCUT2D eigenvalue weighted by atomic mass is 10.2. The van der Waals surface area contributed by atoms with Crippen molar-refractivity contribution in [1.29, 1.82) is 5.41 Å². The molecule has 3 N–H and O–H groups in total. The van der Waals surface area contributed by atoms with Gasteiger partial charge in [0.25, 0.3) is 0 Å². The average Bonchev–Trinajstić information content (AvgIpc) is 2.48. The number of anilines is 1. The fourth-order valence-corrected chi connectivity index (χ4v) is 1.87. The van der Waals surface area contributed by atoms with Crippen molar-refractivity contribution in [1.82, 2.24) is 4.98 Å². The summed E-state index contributed by atoms with van der Waals surface area (Å²) in [7, 11) is 3.61. The molecule has 0 amide bonds. The largest absolute Gasteiger partial charge is 0.497 e. The van der Waals surface area contributed by atoms with Crippen LogP contribution < -0.4 is 15.4 Å². The van der Waals surface area contributed by atoms with Gasteiger partial charge in [-0.25, -0.2) is 4.98 Å². The van der Waals surface area contributed by atoms with Crippen molar-refractivity contribution < 1.29 is 4.74 Å². The van der Waals surface area contributed by atoms with Crippen LogP contribution in [0.15, 0.2) is 42.5 Å². The van der Waals surface area contributed by atoms with E-state index in [4.69, 9.17) is 15.9 Å². The molecule has 0 aliphatic carbocycles. The molecule has 2 rings (SSSR count). The third kappa shape index (κ3) is 3.26. The van der Waals surface area contributed by atoms with Gasteiger partial charge in [-0.3, -0.25) is 5.41 Å². The zero-order chi connectivity index (χ0) is 14.5. The monoisotopic (exact) mass is 270 g/mol. The molecule has 1 aromatic heterocycles. The number of nitrogens with zero attached hydrogens (tertiary/aromatic N) is 2. The van der Waals surface area contributed by atoms with E-state index in [0.717, 1.165) is 23.7 Å². The highest BCUT2D eigenvalue weighted by atomic mass is 16.5. The van der Waals surface area contributed by atoms with E-state index in [9.17, 15) is 0 Å². The fraction of sp³-hybridized carbons (Fsp3) is 0.200. The predicted octanol–water partition coefficient (Wildman–Crippen LogP) is 2.01. The van der Waals surface area contributed by atoms with E-state index in [0.29, 0.717) is 5.69 Å². The van der Waals surface area contributed by atoms with Gasteiger partial charge in [0.05, 0.1) is 7.11 Å². The molecule has 0 saturated carbocycles. The first-order valence-electron chi connectivity index (χ1n) is 6.25. The van der Waals surface area contributed by atoms with Crippen LogP contribution in [0.25, 0.3) is 0 Å². The summed E-state index contributed by atoms with van der Waals surface area (Å²) in [6.45, 7) is 0.721. The Bertz CT molecular complexity index is 595. The molecule has 0 fully saturated rings. The lowest BCUT2D eigenvalue weighted by molar-refractivity contribution is 0.414. The molecule has 5 heteroatoms. The van der Waals surface area contributed by atoms with E-state index >= 15 is 0 Å². The number of nitrogens with one attached hydrogen (secondary N) is 1. The summed E-state index contributed by atoms with van der Waals surface area (Å²) in [5.41, 5.74) is 7.10. The number of nitrogen functional groups attached to an aromatic ring is 1. The SMILES string of the molecule is COc1ccc(CN(C)c2cccc(C(=N)N)n2)cc1. The van der Waals surface area contributed by atoms with Crippen LogP contribution >= 0.6 is 0 Å². The van der Waals surface area contributed by atoms with Gasteiger partial charge in [0.2, 0.25) is 0 Å². The number of aromatic nitrogens is 1. The number of hydrogen-bond acceptors (Lipinski definition) is 4. The zero-order valence-electron chi connectivity index (χ0n) is 11.6. The third-order valence-corrected chi connectivity index (χ3v) is 2.98. The second kappa shape index (κ2) is 6.06. The van der Waals surface area contributed by atoms with Gasteiger partial charge in [-0.05, 0) is 29.8 Å². The van der Waals surface area contributed by atoms with Crippen LogP contribution in [0.4, 0.5) is 5.82 Å². The van der Waals surface area contributed by atoms with Gasteiger partial charge in [-0.1, -0.05) is 18.2 Å². The Hall–Kier alpha value is -2.56. The van der Waals surface area contributed by atoms with Crippen molar-refractivity contribution in [3.8, 4) is 5.75 Å². The number of benzene rings is 1. The maximum Gasteiger partial charge on any atom is 0.141 e. The van der Waals surface area contributed by atoms with Gasteiger partial charge < -0.3 is 15.4 Å². The molecular weight excluding hydrogens is 252 g/mol. The molecule has 0 aliphatic rings. The number of pyridine rings is 1. The van der Waals surface area contributed by atoms with Gasteiger partial charge in [0.15, 0.2) is 0 Å². The Morgan fingerprint density at radius 1 is 1.25 bits per heavy atom. The minimum Gasteiger partial charge on any atom is -0.497 e. The third-order valence-electron chi connectivity index (χ3n) is 2.98. The number of hydrogen-bond donors (Lipinski definition) is 2. The van der Waals surface area contributed by atoms with Crippen molar-refractivity contribution in [2.75, 3.05) is 19.1 Å². The van der Waals surface area contributed by atoms with E-state index < -0.39 is 0 Å². The number of methoxy groups -OCH3 is 1. The highest BCUT2D eigenvalue weighted by Gasteiger charge is 2.06. The van der Waals surface area contributed by atoms with E-state index in [1.165, 1.54) is 0 Å². The smallest absolute Gasteiger partial charge is 0.141 e. The van der Waals surface area contributed by atoms with Crippen LogP contribution in [0.5, 0.6) is 5.75 Å². The summed E-state index contributed by atoms with van der Waals surface area (Å²) in [6.07, 6.45) is 0. The summed E-state index contributed by atoms with van der Waals surface area (Å²) in [5.74, 6) is 1.60. The predicted molar refractivity (Wildman–Crippen MR) is 80.4 cm³/mol. The molecule has 0 aliphatic heterocycles. The quantitative estimate of drug-likeness (QED) is 0.643. The molecule has 104 valence electrons. The molecule has 0 unspecified atom stereocenters. The van der Waals surface area contributed by atoms with Crippen LogP contribution in [0, 0.1) is 5.41 Å². The van der Waals surface area contributed by atoms with E-state index in [-0.39, 0.29) is 5.84 Å². The number of amidine groups is 1. The van der Waals surface area contributed by atoms with Crippen molar-refractivity contribution >= 4 is 11.7 Å². The summed E-state index contributed by atoms with van der Waals surface area (Å²) in [4.78, 5) is 6.36. The lowest BCUT2D eigenvalue weighted by Crippen LogP contribution is -2.20.